The van der Waals surface area contributed by atoms with Gasteiger partial charge in [0.15, 0.2) is 0 Å². The molecule has 0 spiro atoms. The smallest absolute Gasteiger partial charge is 0.235 e. The van der Waals surface area contributed by atoms with E-state index in [0.717, 1.165) is 6.42 Å². The Kier molecular flexibility index (Phi) is 5.06. The highest BCUT2D eigenvalue weighted by Gasteiger charge is 2.12. The normalized spacial score (nSPS) is 15.8. The van der Waals surface area contributed by atoms with Gasteiger partial charge in [0.25, 0.3) is 0 Å². The Labute approximate surface area is 68.8 Å². The van der Waals surface area contributed by atoms with Gasteiger partial charge in [-0.1, -0.05) is 6.92 Å². The third-order valence-electron chi connectivity index (χ3n) is 1.16. The molecule has 0 fully saturated rings. The van der Waals surface area contributed by atoms with Gasteiger partial charge in [-0.25, -0.2) is 0 Å². The molecule has 0 aliphatic rings. The molecular weight excluding hydrogens is 164 g/mol. The van der Waals surface area contributed by atoms with Crippen molar-refractivity contribution in [1.29, 1.82) is 0 Å². The SMILES string of the molecule is CCCS(=O)CC(N)C(N)=O. The summed E-state index contributed by atoms with van der Waals surface area (Å²) in [4.78, 5) is 10.4. The summed E-state index contributed by atoms with van der Waals surface area (Å²) in [5.74, 6) is 0.180. The van der Waals surface area contributed by atoms with Crippen LogP contribution >= 0.6 is 0 Å². The maximum Gasteiger partial charge on any atom is 0.235 e. The van der Waals surface area contributed by atoms with Crippen molar-refractivity contribution in [2.75, 3.05) is 11.5 Å². The zero-order valence-corrected chi connectivity index (χ0v) is 7.39. The van der Waals surface area contributed by atoms with Gasteiger partial charge >= 0.3 is 0 Å². The van der Waals surface area contributed by atoms with Gasteiger partial charge in [0, 0.05) is 22.3 Å². The lowest BCUT2D eigenvalue weighted by atomic mass is 10.3. The Bertz CT molecular complexity index is 161. The number of hydrogen-bond donors (Lipinski definition) is 2. The van der Waals surface area contributed by atoms with Crippen LogP contribution in [0.2, 0.25) is 0 Å². The molecular formula is C6H14N2O2S. The van der Waals surface area contributed by atoms with E-state index in [0.29, 0.717) is 5.75 Å². The summed E-state index contributed by atoms with van der Waals surface area (Å²) in [5, 5.41) is 0. The lowest BCUT2D eigenvalue weighted by molar-refractivity contribution is -0.118. The zero-order chi connectivity index (χ0) is 8.85. The molecule has 0 aromatic carbocycles. The molecule has 0 aliphatic heterocycles. The van der Waals surface area contributed by atoms with Crippen LogP contribution in [0.25, 0.3) is 0 Å². The third kappa shape index (κ3) is 4.92. The highest BCUT2D eigenvalue weighted by Crippen LogP contribution is 1.89. The summed E-state index contributed by atoms with van der Waals surface area (Å²) >= 11 is 0. The average molecular weight is 178 g/mol. The molecule has 1 amide bonds. The van der Waals surface area contributed by atoms with Crippen molar-refractivity contribution in [3.63, 3.8) is 0 Å². The maximum absolute atomic E-state index is 11.0. The predicted molar refractivity (Wildman–Crippen MR) is 45.3 cm³/mol. The Morgan fingerprint density at radius 2 is 2.18 bits per heavy atom. The van der Waals surface area contributed by atoms with Crippen molar-refractivity contribution >= 4 is 16.7 Å². The molecule has 4 nitrogen and oxygen atoms in total. The van der Waals surface area contributed by atoms with Crippen LogP contribution in [-0.4, -0.2) is 27.7 Å². The van der Waals surface area contributed by atoms with Gasteiger partial charge in [0.2, 0.25) is 5.91 Å². The first-order valence-electron chi connectivity index (χ1n) is 3.47. The maximum atomic E-state index is 11.0. The molecule has 5 heteroatoms. The molecule has 0 bridgehead atoms. The van der Waals surface area contributed by atoms with Crippen molar-refractivity contribution in [3.05, 3.63) is 0 Å². The monoisotopic (exact) mass is 178 g/mol. The number of carbonyl (C=O) groups is 1. The minimum Gasteiger partial charge on any atom is -0.368 e. The second-order valence-corrected chi connectivity index (χ2v) is 3.94. The summed E-state index contributed by atoms with van der Waals surface area (Å²) in [7, 11) is -0.997. The molecule has 0 aromatic heterocycles. The topological polar surface area (TPSA) is 86.2 Å². The van der Waals surface area contributed by atoms with Crippen molar-refractivity contribution in [1.82, 2.24) is 0 Å². The highest BCUT2D eigenvalue weighted by molar-refractivity contribution is 7.85. The van der Waals surface area contributed by atoms with Gasteiger partial charge in [-0.3, -0.25) is 9.00 Å². The van der Waals surface area contributed by atoms with Crippen LogP contribution in [0, 0.1) is 0 Å². The summed E-state index contributed by atoms with van der Waals surface area (Å²) in [6.45, 7) is 1.92. The van der Waals surface area contributed by atoms with Crippen LogP contribution in [-0.2, 0) is 15.6 Å². The molecule has 66 valence electrons. The van der Waals surface area contributed by atoms with E-state index in [1.807, 2.05) is 6.92 Å². The fourth-order valence-corrected chi connectivity index (χ4v) is 1.78. The first-order chi connectivity index (χ1) is 5.07. The molecule has 2 atom stereocenters. The standard InChI is InChI=1S/C6H14N2O2S/c1-2-3-11(10)4-5(7)6(8)9/h5H,2-4,7H2,1H3,(H2,8,9). The molecule has 11 heavy (non-hydrogen) atoms. The van der Waals surface area contributed by atoms with Gasteiger partial charge in [-0.15, -0.1) is 0 Å². The number of hydrogen-bond acceptors (Lipinski definition) is 3. The quantitative estimate of drug-likeness (QED) is 0.563. The summed E-state index contributed by atoms with van der Waals surface area (Å²) in [5.41, 5.74) is 10.2. The molecule has 0 aromatic rings. The summed E-state index contributed by atoms with van der Waals surface area (Å²) in [6.07, 6.45) is 0.831. The fraction of sp³-hybridized carbons (Fsp3) is 0.833. The molecule has 0 saturated carbocycles. The molecule has 0 rings (SSSR count). The van der Waals surface area contributed by atoms with Gasteiger partial charge in [-0.2, -0.15) is 0 Å². The average Bonchev–Trinajstić information content (AvgIpc) is 1.87. The van der Waals surface area contributed by atoms with Gasteiger partial charge < -0.3 is 11.5 Å². The number of primary amides is 1. The van der Waals surface area contributed by atoms with Crippen molar-refractivity contribution in [3.8, 4) is 0 Å². The Morgan fingerprint density at radius 1 is 1.64 bits per heavy atom. The Morgan fingerprint density at radius 3 is 2.55 bits per heavy atom. The van der Waals surface area contributed by atoms with E-state index in [1.54, 1.807) is 0 Å². The first-order valence-corrected chi connectivity index (χ1v) is 4.96. The Hall–Kier alpha value is -0.420. The zero-order valence-electron chi connectivity index (χ0n) is 6.58. The van der Waals surface area contributed by atoms with Gasteiger partial charge in [0.1, 0.15) is 0 Å². The molecule has 0 saturated heterocycles. The van der Waals surface area contributed by atoms with Crippen LogP contribution in [0.4, 0.5) is 0 Å². The second kappa shape index (κ2) is 5.26. The largest absolute Gasteiger partial charge is 0.368 e. The van der Waals surface area contributed by atoms with E-state index in [2.05, 4.69) is 0 Å². The second-order valence-electron chi connectivity index (χ2n) is 2.32. The van der Waals surface area contributed by atoms with E-state index in [-0.39, 0.29) is 5.75 Å². The van der Waals surface area contributed by atoms with Gasteiger partial charge in [0.05, 0.1) is 6.04 Å². The molecule has 0 radical (unpaired) electrons. The molecule has 4 N–H and O–H groups in total. The van der Waals surface area contributed by atoms with Crippen LogP contribution in [0.15, 0.2) is 0 Å². The molecule has 0 aliphatic carbocycles. The van der Waals surface area contributed by atoms with E-state index >= 15 is 0 Å². The molecule has 0 heterocycles. The Balaban J connectivity index is 3.66. The number of carbonyl (C=O) groups excluding carboxylic acids is 1. The van der Waals surface area contributed by atoms with Crippen LogP contribution < -0.4 is 11.5 Å². The van der Waals surface area contributed by atoms with Crippen LogP contribution in [0.1, 0.15) is 13.3 Å². The lowest BCUT2D eigenvalue weighted by Gasteiger charge is -2.05. The van der Waals surface area contributed by atoms with Gasteiger partial charge in [-0.05, 0) is 6.42 Å². The van der Waals surface area contributed by atoms with E-state index in [1.165, 1.54) is 0 Å². The fourth-order valence-electron chi connectivity index (χ4n) is 0.593. The lowest BCUT2D eigenvalue weighted by Crippen LogP contribution is -2.40. The van der Waals surface area contributed by atoms with Crippen molar-refractivity contribution in [2.24, 2.45) is 11.5 Å². The highest BCUT2D eigenvalue weighted by atomic mass is 32.2. The van der Waals surface area contributed by atoms with Crippen molar-refractivity contribution < 1.29 is 9.00 Å². The summed E-state index contributed by atoms with van der Waals surface area (Å²) in [6, 6.07) is -0.762. The van der Waals surface area contributed by atoms with E-state index < -0.39 is 22.7 Å². The number of nitrogens with two attached hydrogens (primary N) is 2. The number of rotatable bonds is 5. The van der Waals surface area contributed by atoms with Crippen LogP contribution in [0.3, 0.4) is 0 Å². The molecule has 2 unspecified atom stereocenters. The minimum atomic E-state index is -0.997. The van der Waals surface area contributed by atoms with Crippen LogP contribution in [0.5, 0.6) is 0 Å². The predicted octanol–water partition coefficient (Wildman–Crippen LogP) is -1.04. The first kappa shape index (κ1) is 10.6. The van der Waals surface area contributed by atoms with E-state index in [9.17, 15) is 9.00 Å². The van der Waals surface area contributed by atoms with Crippen molar-refractivity contribution in [2.45, 2.75) is 19.4 Å². The van der Waals surface area contributed by atoms with E-state index in [4.69, 9.17) is 11.5 Å². The number of amides is 1. The minimum absolute atomic E-state index is 0.184. The third-order valence-corrected chi connectivity index (χ3v) is 2.76. The summed E-state index contributed by atoms with van der Waals surface area (Å²) < 4.78 is 11.0.